The molecule has 5 nitrogen and oxygen atoms in total. The van der Waals surface area contributed by atoms with Gasteiger partial charge in [0.2, 0.25) is 0 Å². The van der Waals surface area contributed by atoms with Crippen LogP contribution in [0.15, 0.2) is 30.3 Å². The lowest BCUT2D eigenvalue weighted by molar-refractivity contribution is 0.112. The fourth-order valence-electron chi connectivity index (χ4n) is 3.17. The Morgan fingerprint density at radius 1 is 1.09 bits per heavy atom. The number of rotatable bonds is 4. The molecule has 0 N–H and O–H groups in total. The van der Waals surface area contributed by atoms with E-state index in [0.29, 0.717) is 11.6 Å². The largest absolute Gasteiger partial charge is 0.353 e. The summed E-state index contributed by atoms with van der Waals surface area (Å²) in [4.78, 5) is 16.4. The van der Waals surface area contributed by atoms with E-state index in [1.165, 1.54) is 0 Å². The van der Waals surface area contributed by atoms with E-state index in [1.807, 2.05) is 41.9 Å². The average molecular weight is 312 g/mol. The van der Waals surface area contributed by atoms with E-state index in [1.54, 1.807) is 0 Å². The topological polar surface area (TPSA) is 41.4 Å². The third kappa shape index (κ3) is 3.01. The molecule has 0 aliphatic carbocycles. The van der Waals surface area contributed by atoms with Crippen LogP contribution in [0.3, 0.4) is 0 Å². The van der Waals surface area contributed by atoms with E-state index in [9.17, 15) is 4.79 Å². The van der Waals surface area contributed by atoms with E-state index < -0.39 is 0 Å². The molecule has 122 valence electrons. The number of carbonyl (C=O) groups is 1. The van der Waals surface area contributed by atoms with Gasteiger partial charge in [-0.05, 0) is 32.9 Å². The molecule has 1 saturated heterocycles. The smallest absolute Gasteiger partial charge is 0.155 e. The first kappa shape index (κ1) is 15.7. The summed E-state index contributed by atoms with van der Waals surface area (Å²) in [5.74, 6) is 0.923. The van der Waals surface area contributed by atoms with Crippen molar-refractivity contribution in [3.05, 3.63) is 41.6 Å². The van der Waals surface area contributed by atoms with E-state index in [2.05, 4.69) is 28.7 Å². The average Bonchev–Trinajstić information content (AvgIpc) is 2.92. The number of anilines is 1. The lowest BCUT2D eigenvalue weighted by atomic mass is 10.2. The SMILES string of the molecule is Cc1nn(-c2ccccc2)c(N2CCN(C(C)C)CC2)c1C=O. The van der Waals surface area contributed by atoms with Crippen molar-refractivity contribution in [1.29, 1.82) is 0 Å². The van der Waals surface area contributed by atoms with Gasteiger partial charge in [0.25, 0.3) is 0 Å². The summed E-state index contributed by atoms with van der Waals surface area (Å²) in [6.07, 6.45) is 0.936. The second-order valence-electron chi connectivity index (χ2n) is 6.30. The fraction of sp³-hybridized carbons (Fsp3) is 0.444. The summed E-state index contributed by atoms with van der Waals surface area (Å²) >= 11 is 0. The molecule has 0 spiro atoms. The Morgan fingerprint density at radius 2 is 1.74 bits per heavy atom. The zero-order valence-electron chi connectivity index (χ0n) is 14.1. The predicted octanol–water partition coefficient (Wildman–Crippen LogP) is 2.52. The van der Waals surface area contributed by atoms with Crippen LogP contribution >= 0.6 is 0 Å². The molecular weight excluding hydrogens is 288 g/mol. The van der Waals surface area contributed by atoms with Crippen LogP contribution in [0.4, 0.5) is 5.82 Å². The lowest BCUT2D eigenvalue weighted by Crippen LogP contribution is -2.49. The van der Waals surface area contributed by atoms with Gasteiger partial charge in [0, 0.05) is 32.2 Å². The van der Waals surface area contributed by atoms with Crippen LogP contribution in [0.2, 0.25) is 0 Å². The number of nitrogens with zero attached hydrogens (tertiary/aromatic N) is 4. The normalized spacial score (nSPS) is 16.1. The highest BCUT2D eigenvalue weighted by Crippen LogP contribution is 2.27. The van der Waals surface area contributed by atoms with E-state index in [4.69, 9.17) is 0 Å². The number of piperazine rings is 1. The summed E-state index contributed by atoms with van der Waals surface area (Å²) in [6.45, 7) is 10.2. The van der Waals surface area contributed by atoms with Gasteiger partial charge in [0.15, 0.2) is 6.29 Å². The van der Waals surface area contributed by atoms with Crippen LogP contribution in [0.1, 0.15) is 29.9 Å². The van der Waals surface area contributed by atoms with Crippen molar-refractivity contribution in [2.24, 2.45) is 0 Å². The molecule has 0 amide bonds. The number of aromatic nitrogens is 2. The molecule has 0 radical (unpaired) electrons. The molecule has 0 atom stereocenters. The maximum atomic E-state index is 11.6. The van der Waals surface area contributed by atoms with Crippen molar-refractivity contribution in [3.63, 3.8) is 0 Å². The summed E-state index contributed by atoms with van der Waals surface area (Å²) < 4.78 is 1.91. The van der Waals surface area contributed by atoms with Gasteiger partial charge in [0.05, 0.1) is 16.9 Å². The van der Waals surface area contributed by atoms with Crippen LogP contribution in [0.5, 0.6) is 0 Å². The van der Waals surface area contributed by atoms with Crippen LogP contribution < -0.4 is 4.90 Å². The molecule has 1 aromatic carbocycles. The minimum atomic E-state index is 0.559. The van der Waals surface area contributed by atoms with Gasteiger partial charge in [-0.25, -0.2) is 4.68 Å². The van der Waals surface area contributed by atoms with Crippen LogP contribution in [-0.2, 0) is 0 Å². The molecule has 3 rings (SSSR count). The van der Waals surface area contributed by atoms with E-state index in [-0.39, 0.29) is 0 Å². The van der Waals surface area contributed by atoms with Gasteiger partial charge >= 0.3 is 0 Å². The Bertz CT molecular complexity index is 670. The number of aryl methyl sites for hydroxylation is 1. The summed E-state index contributed by atoms with van der Waals surface area (Å²) in [7, 11) is 0. The van der Waals surface area contributed by atoms with Gasteiger partial charge in [0.1, 0.15) is 5.82 Å². The second-order valence-corrected chi connectivity index (χ2v) is 6.30. The van der Waals surface area contributed by atoms with Crippen LogP contribution in [-0.4, -0.2) is 53.2 Å². The first-order valence-electron chi connectivity index (χ1n) is 8.21. The Morgan fingerprint density at radius 3 is 2.30 bits per heavy atom. The Kier molecular flexibility index (Phi) is 4.48. The number of hydrogen-bond acceptors (Lipinski definition) is 4. The zero-order valence-corrected chi connectivity index (χ0v) is 14.1. The predicted molar refractivity (Wildman–Crippen MR) is 92.6 cm³/mol. The first-order chi connectivity index (χ1) is 11.1. The summed E-state index contributed by atoms with van der Waals surface area (Å²) in [6, 6.07) is 10.6. The quantitative estimate of drug-likeness (QED) is 0.814. The van der Waals surface area contributed by atoms with Crippen molar-refractivity contribution in [2.45, 2.75) is 26.8 Å². The van der Waals surface area contributed by atoms with Crippen molar-refractivity contribution >= 4 is 12.1 Å². The van der Waals surface area contributed by atoms with Crippen molar-refractivity contribution in [1.82, 2.24) is 14.7 Å². The molecule has 2 heterocycles. The lowest BCUT2D eigenvalue weighted by Gasteiger charge is -2.38. The van der Waals surface area contributed by atoms with Gasteiger partial charge in [-0.1, -0.05) is 18.2 Å². The molecule has 1 fully saturated rings. The molecule has 5 heteroatoms. The van der Waals surface area contributed by atoms with Gasteiger partial charge in [-0.3, -0.25) is 9.69 Å². The second kappa shape index (κ2) is 6.54. The third-order valence-electron chi connectivity index (χ3n) is 4.54. The number of benzene rings is 1. The molecule has 2 aromatic rings. The molecule has 0 unspecified atom stereocenters. The highest BCUT2D eigenvalue weighted by Gasteiger charge is 2.26. The molecule has 1 aliphatic heterocycles. The highest BCUT2D eigenvalue weighted by atomic mass is 16.1. The molecule has 1 aromatic heterocycles. The van der Waals surface area contributed by atoms with Crippen LogP contribution in [0.25, 0.3) is 5.69 Å². The Hall–Kier alpha value is -2.14. The van der Waals surface area contributed by atoms with Crippen molar-refractivity contribution < 1.29 is 4.79 Å². The minimum Gasteiger partial charge on any atom is -0.353 e. The zero-order chi connectivity index (χ0) is 16.4. The Balaban J connectivity index is 1.97. The van der Waals surface area contributed by atoms with Gasteiger partial charge in [-0.15, -0.1) is 0 Å². The minimum absolute atomic E-state index is 0.559. The molecule has 0 bridgehead atoms. The molecule has 23 heavy (non-hydrogen) atoms. The fourth-order valence-corrected chi connectivity index (χ4v) is 3.17. The molecule has 1 aliphatic rings. The van der Waals surface area contributed by atoms with Crippen LogP contribution in [0, 0.1) is 6.92 Å². The number of aldehydes is 1. The number of para-hydroxylation sites is 1. The Labute approximate surface area is 137 Å². The number of carbonyl (C=O) groups excluding carboxylic acids is 1. The number of hydrogen-bond donors (Lipinski definition) is 0. The van der Waals surface area contributed by atoms with Gasteiger partial charge in [-0.2, -0.15) is 5.10 Å². The summed E-state index contributed by atoms with van der Waals surface area (Å²) in [5, 5.41) is 4.61. The maximum Gasteiger partial charge on any atom is 0.155 e. The van der Waals surface area contributed by atoms with Crippen molar-refractivity contribution in [2.75, 3.05) is 31.1 Å². The maximum absolute atomic E-state index is 11.6. The first-order valence-corrected chi connectivity index (χ1v) is 8.21. The highest BCUT2D eigenvalue weighted by molar-refractivity contribution is 5.85. The standard InChI is InChI=1S/C18H24N4O/c1-14(2)20-9-11-21(12-10-20)18-17(13-23)15(3)19-22(18)16-7-5-4-6-8-16/h4-8,13-14H,9-12H2,1-3H3. The monoisotopic (exact) mass is 312 g/mol. The molecular formula is C18H24N4O. The van der Waals surface area contributed by atoms with E-state index in [0.717, 1.165) is 49.7 Å². The molecule has 0 saturated carbocycles. The third-order valence-corrected chi connectivity index (χ3v) is 4.54. The van der Waals surface area contributed by atoms with E-state index >= 15 is 0 Å². The summed E-state index contributed by atoms with van der Waals surface area (Å²) in [5.41, 5.74) is 2.47. The van der Waals surface area contributed by atoms with Crippen molar-refractivity contribution in [3.8, 4) is 5.69 Å². The van der Waals surface area contributed by atoms with Gasteiger partial charge < -0.3 is 4.90 Å².